The number of benzene rings is 1. The minimum Gasteiger partial charge on any atom is -0.323 e. The van der Waals surface area contributed by atoms with Gasteiger partial charge in [-0.05, 0) is 24.3 Å². The number of amides is 1. The van der Waals surface area contributed by atoms with Crippen LogP contribution in [-0.2, 0) is 4.79 Å². The Morgan fingerprint density at radius 3 is 3.00 bits per heavy atom. The second-order valence-electron chi connectivity index (χ2n) is 3.09. The number of hydrogen-bond acceptors (Lipinski definition) is 3. The average molecular weight is 234 g/mol. The lowest BCUT2D eigenvalue weighted by atomic mass is 10.2. The molecule has 0 spiro atoms. The van der Waals surface area contributed by atoms with Gasteiger partial charge in [-0.2, -0.15) is 0 Å². The topological polar surface area (TPSA) is 54.9 Å². The summed E-state index contributed by atoms with van der Waals surface area (Å²) in [6.45, 7) is 3.37. The molecule has 0 atom stereocenters. The van der Waals surface area contributed by atoms with Crippen molar-refractivity contribution in [3.05, 3.63) is 42.3 Å². The van der Waals surface area contributed by atoms with E-state index in [2.05, 4.69) is 21.9 Å². The number of aromatic nitrogens is 2. The van der Waals surface area contributed by atoms with Gasteiger partial charge >= 0.3 is 0 Å². The first-order chi connectivity index (χ1) is 7.70. The summed E-state index contributed by atoms with van der Waals surface area (Å²) in [5.41, 5.74) is 1.37. The van der Waals surface area contributed by atoms with Gasteiger partial charge in [-0.15, -0.1) is 0 Å². The van der Waals surface area contributed by atoms with Crippen LogP contribution in [0.4, 0.5) is 5.69 Å². The van der Waals surface area contributed by atoms with E-state index < -0.39 is 0 Å². The normalized spacial score (nSPS) is 10.1. The number of halogens is 1. The van der Waals surface area contributed by atoms with Crippen LogP contribution in [0, 0.1) is 0 Å². The zero-order chi connectivity index (χ0) is 11.5. The van der Waals surface area contributed by atoms with Gasteiger partial charge in [0, 0.05) is 11.1 Å². The fourth-order valence-corrected chi connectivity index (χ4v) is 1.49. The van der Waals surface area contributed by atoms with E-state index >= 15 is 0 Å². The van der Waals surface area contributed by atoms with E-state index in [0.717, 1.165) is 5.52 Å². The molecule has 1 N–H and O–H groups in total. The van der Waals surface area contributed by atoms with Gasteiger partial charge in [0.05, 0.1) is 5.52 Å². The van der Waals surface area contributed by atoms with Gasteiger partial charge < -0.3 is 5.32 Å². The van der Waals surface area contributed by atoms with E-state index in [1.165, 1.54) is 12.4 Å². The number of carbonyl (C=O) groups is 1. The SMILES string of the molecule is C=CC(=O)Nc1ccc2ncnc(Cl)c2c1. The molecular formula is C11H8ClN3O. The second-order valence-corrected chi connectivity index (χ2v) is 3.45. The van der Waals surface area contributed by atoms with Crippen molar-refractivity contribution >= 4 is 34.1 Å². The van der Waals surface area contributed by atoms with Crippen molar-refractivity contribution in [3.8, 4) is 0 Å². The zero-order valence-corrected chi connectivity index (χ0v) is 9.03. The van der Waals surface area contributed by atoms with Crippen molar-refractivity contribution in [3.63, 3.8) is 0 Å². The third-order valence-electron chi connectivity index (χ3n) is 2.04. The summed E-state index contributed by atoms with van der Waals surface area (Å²) < 4.78 is 0. The Morgan fingerprint density at radius 1 is 1.44 bits per heavy atom. The Labute approximate surface area is 97.0 Å². The van der Waals surface area contributed by atoms with Gasteiger partial charge in [0.1, 0.15) is 11.5 Å². The molecule has 0 fully saturated rings. The lowest BCUT2D eigenvalue weighted by Gasteiger charge is -2.04. The highest BCUT2D eigenvalue weighted by Gasteiger charge is 2.03. The summed E-state index contributed by atoms with van der Waals surface area (Å²) in [7, 11) is 0. The Kier molecular flexibility index (Phi) is 2.83. The summed E-state index contributed by atoms with van der Waals surface area (Å²) in [5, 5.41) is 3.70. The van der Waals surface area contributed by atoms with Gasteiger partial charge in [0.2, 0.25) is 5.91 Å². The predicted molar refractivity (Wildman–Crippen MR) is 63.4 cm³/mol. The molecule has 5 heteroatoms. The molecule has 1 aromatic carbocycles. The lowest BCUT2D eigenvalue weighted by Crippen LogP contribution is -2.07. The minimum absolute atomic E-state index is 0.271. The number of rotatable bonds is 2. The van der Waals surface area contributed by atoms with Crippen molar-refractivity contribution in [1.29, 1.82) is 0 Å². The van der Waals surface area contributed by atoms with Gasteiger partial charge in [-0.25, -0.2) is 9.97 Å². The van der Waals surface area contributed by atoms with E-state index in [9.17, 15) is 4.79 Å². The van der Waals surface area contributed by atoms with Crippen LogP contribution in [0.1, 0.15) is 0 Å². The van der Waals surface area contributed by atoms with Gasteiger partial charge in [0.15, 0.2) is 0 Å². The molecule has 0 saturated carbocycles. The van der Waals surface area contributed by atoms with Gasteiger partial charge in [-0.1, -0.05) is 18.2 Å². The first-order valence-corrected chi connectivity index (χ1v) is 4.92. The van der Waals surface area contributed by atoms with Crippen LogP contribution in [0.25, 0.3) is 10.9 Å². The third kappa shape index (κ3) is 2.01. The molecule has 2 aromatic rings. The Balaban J connectivity index is 2.47. The van der Waals surface area contributed by atoms with E-state index in [1.54, 1.807) is 18.2 Å². The minimum atomic E-state index is -0.271. The predicted octanol–water partition coefficient (Wildman–Crippen LogP) is 2.41. The van der Waals surface area contributed by atoms with Crippen LogP contribution < -0.4 is 5.32 Å². The summed E-state index contributed by atoms with van der Waals surface area (Å²) in [6, 6.07) is 5.23. The van der Waals surface area contributed by atoms with Crippen molar-refractivity contribution in [1.82, 2.24) is 9.97 Å². The maximum atomic E-state index is 11.1. The maximum absolute atomic E-state index is 11.1. The summed E-state index contributed by atoms with van der Waals surface area (Å²) in [6.07, 6.45) is 2.60. The molecular weight excluding hydrogens is 226 g/mol. The quantitative estimate of drug-likeness (QED) is 0.640. The molecule has 80 valence electrons. The Bertz CT molecular complexity index is 568. The monoisotopic (exact) mass is 233 g/mol. The molecule has 0 aliphatic heterocycles. The maximum Gasteiger partial charge on any atom is 0.247 e. The number of hydrogen-bond donors (Lipinski definition) is 1. The molecule has 1 aromatic heterocycles. The van der Waals surface area contributed by atoms with Crippen LogP contribution in [0.15, 0.2) is 37.2 Å². The summed E-state index contributed by atoms with van der Waals surface area (Å²) in [5.74, 6) is -0.271. The Morgan fingerprint density at radius 2 is 2.25 bits per heavy atom. The summed E-state index contributed by atoms with van der Waals surface area (Å²) in [4.78, 5) is 19.0. The largest absolute Gasteiger partial charge is 0.323 e. The zero-order valence-electron chi connectivity index (χ0n) is 8.27. The van der Waals surface area contributed by atoms with Crippen LogP contribution >= 0.6 is 11.6 Å². The molecule has 0 aliphatic rings. The van der Waals surface area contributed by atoms with E-state index in [-0.39, 0.29) is 5.91 Å². The van der Waals surface area contributed by atoms with Crippen molar-refractivity contribution in [2.75, 3.05) is 5.32 Å². The highest BCUT2D eigenvalue weighted by atomic mass is 35.5. The standard InChI is InChI=1S/C11H8ClN3O/c1-2-10(16)15-7-3-4-9-8(5-7)11(12)14-6-13-9/h2-6H,1H2,(H,15,16). The number of carbonyl (C=O) groups excluding carboxylic acids is 1. The molecule has 2 rings (SSSR count). The fourth-order valence-electron chi connectivity index (χ4n) is 1.30. The van der Waals surface area contributed by atoms with Gasteiger partial charge in [0.25, 0.3) is 0 Å². The molecule has 0 unspecified atom stereocenters. The van der Waals surface area contributed by atoms with Crippen molar-refractivity contribution in [2.24, 2.45) is 0 Å². The van der Waals surface area contributed by atoms with Crippen LogP contribution in [-0.4, -0.2) is 15.9 Å². The number of fused-ring (bicyclic) bond motifs is 1. The molecule has 4 nitrogen and oxygen atoms in total. The first-order valence-electron chi connectivity index (χ1n) is 4.54. The molecule has 0 radical (unpaired) electrons. The van der Waals surface area contributed by atoms with Crippen LogP contribution in [0.3, 0.4) is 0 Å². The molecule has 1 heterocycles. The highest BCUT2D eigenvalue weighted by molar-refractivity contribution is 6.34. The van der Waals surface area contributed by atoms with Crippen molar-refractivity contribution < 1.29 is 4.79 Å². The molecule has 0 aliphatic carbocycles. The van der Waals surface area contributed by atoms with E-state index in [4.69, 9.17) is 11.6 Å². The molecule has 0 saturated heterocycles. The van der Waals surface area contributed by atoms with Crippen LogP contribution in [0.5, 0.6) is 0 Å². The van der Waals surface area contributed by atoms with E-state index in [1.807, 2.05) is 0 Å². The van der Waals surface area contributed by atoms with E-state index in [0.29, 0.717) is 16.2 Å². The third-order valence-corrected chi connectivity index (χ3v) is 2.34. The average Bonchev–Trinajstić information content (AvgIpc) is 2.30. The molecule has 1 amide bonds. The lowest BCUT2D eigenvalue weighted by molar-refractivity contribution is -0.111. The second kappa shape index (κ2) is 4.28. The molecule has 0 bridgehead atoms. The fraction of sp³-hybridized carbons (Fsp3) is 0. The number of nitrogens with zero attached hydrogens (tertiary/aromatic N) is 2. The Hall–Kier alpha value is -1.94. The highest BCUT2D eigenvalue weighted by Crippen LogP contribution is 2.22. The number of anilines is 1. The summed E-state index contributed by atoms with van der Waals surface area (Å²) >= 11 is 5.92. The smallest absolute Gasteiger partial charge is 0.247 e. The van der Waals surface area contributed by atoms with Crippen LogP contribution in [0.2, 0.25) is 5.15 Å². The van der Waals surface area contributed by atoms with Gasteiger partial charge in [-0.3, -0.25) is 4.79 Å². The van der Waals surface area contributed by atoms with Crippen molar-refractivity contribution in [2.45, 2.75) is 0 Å². The first kappa shape index (κ1) is 10.6. The number of nitrogens with one attached hydrogen (secondary N) is 1. The molecule has 16 heavy (non-hydrogen) atoms.